The van der Waals surface area contributed by atoms with Crippen molar-refractivity contribution in [1.82, 2.24) is 20.0 Å². The SMILES string of the molecule is CCNC(=NCc1cccc(COC)c1)N1CCN(c2cnn(C)c2)C(=O)C1.I. The first-order valence-electron chi connectivity index (χ1n) is 9.49. The molecule has 3 rings (SSSR count). The molecular weight excluding hydrogens is 483 g/mol. The number of anilines is 1. The molecule has 1 aromatic carbocycles. The van der Waals surface area contributed by atoms with Gasteiger partial charge in [-0.25, -0.2) is 4.99 Å². The van der Waals surface area contributed by atoms with Gasteiger partial charge in [0.25, 0.3) is 0 Å². The van der Waals surface area contributed by atoms with Gasteiger partial charge in [0.15, 0.2) is 5.96 Å². The van der Waals surface area contributed by atoms with Crippen LogP contribution in [0.1, 0.15) is 18.1 Å². The summed E-state index contributed by atoms with van der Waals surface area (Å²) >= 11 is 0. The molecule has 9 heteroatoms. The van der Waals surface area contributed by atoms with Gasteiger partial charge >= 0.3 is 0 Å². The number of nitrogens with one attached hydrogen (secondary N) is 1. The number of hydrogen-bond donors (Lipinski definition) is 1. The second-order valence-electron chi connectivity index (χ2n) is 6.76. The highest BCUT2D eigenvalue weighted by Crippen LogP contribution is 2.16. The number of halogens is 1. The molecule has 2 heterocycles. The number of hydrogen-bond acceptors (Lipinski definition) is 4. The van der Waals surface area contributed by atoms with Crippen molar-refractivity contribution in [2.45, 2.75) is 20.1 Å². The number of aryl methyl sites for hydroxylation is 1. The minimum Gasteiger partial charge on any atom is -0.380 e. The Morgan fingerprint density at radius 2 is 2.10 bits per heavy atom. The number of aromatic nitrogens is 2. The topological polar surface area (TPSA) is 75.0 Å². The van der Waals surface area contributed by atoms with Gasteiger partial charge in [-0.05, 0) is 18.1 Å². The van der Waals surface area contributed by atoms with Crippen LogP contribution in [0.3, 0.4) is 0 Å². The number of carbonyl (C=O) groups is 1. The molecule has 1 aliphatic heterocycles. The fourth-order valence-electron chi connectivity index (χ4n) is 3.25. The second-order valence-corrected chi connectivity index (χ2v) is 6.76. The summed E-state index contributed by atoms with van der Waals surface area (Å²) in [5.41, 5.74) is 3.08. The molecule has 0 saturated carbocycles. The van der Waals surface area contributed by atoms with Crippen LogP contribution in [0.25, 0.3) is 0 Å². The van der Waals surface area contributed by atoms with E-state index < -0.39 is 0 Å². The highest BCUT2D eigenvalue weighted by Gasteiger charge is 2.27. The number of nitrogens with zero attached hydrogens (tertiary/aromatic N) is 5. The van der Waals surface area contributed by atoms with Crippen LogP contribution in [-0.4, -0.2) is 59.8 Å². The summed E-state index contributed by atoms with van der Waals surface area (Å²) in [6.07, 6.45) is 3.58. The fourth-order valence-corrected chi connectivity index (χ4v) is 3.25. The van der Waals surface area contributed by atoms with Crippen LogP contribution >= 0.6 is 24.0 Å². The van der Waals surface area contributed by atoms with Gasteiger partial charge in [-0.2, -0.15) is 5.10 Å². The third-order valence-corrected chi connectivity index (χ3v) is 4.57. The minimum absolute atomic E-state index is 0. The highest BCUT2D eigenvalue weighted by molar-refractivity contribution is 14.0. The van der Waals surface area contributed by atoms with E-state index in [2.05, 4.69) is 22.5 Å². The predicted molar refractivity (Wildman–Crippen MR) is 125 cm³/mol. The van der Waals surface area contributed by atoms with Crippen molar-refractivity contribution in [2.24, 2.45) is 12.0 Å². The molecule has 0 radical (unpaired) electrons. The second kappa shape index (κ2) is 11.1. The van der Waals surface area contributed by atoms with E-state index in [1.54, 1.807) is 22.9 Å². The Balaban J connectivity index is 0.00000300. The molecule has 1 N–H and O–H groups in total. The zero-order valence-corrected chi connectivity index (χ0v) is 19.5. The van der Waals surface area contributed by atoms with Gasteiger partial charge in [0.1, 0.15) is 6.54 Å². The molecule has 1 fully saturated rings. The smallest absolute Gasteiger partial charge is 0.246 e. The molecule has 0 aliphatic carbocycles. The maximum absolute atomic E-state index is 12.7. The number of methoxy groups -OCH3 is 1. The molecule has 2 aromatic rings. The van der Waals surface area contributed by atoms with Gasteiger partial charge in [0.2, 0.25) is 5.91 Å². The van der Waals surface area contributed by atoms with Gasteiger partial charge in [-0.15, -0.1) is 24.0 Å². The number of amides is 1. The first kappa shape index (κ1) is 23.1. The third-order valence-electron chi connectivity index (χ3n) is 4.57. The molecule has 0 bridgehead atoms. The lowest BCUT2D eigenvalue weighted by Gasteiger charge is -2.35. The average Bonchev–Trinajstić information content (AvgIpc) is 3.11. The molecule has 0 spiro atoms. The summed E-state index contributed by atoms with van der Waals surface area (Å²) in [6, 6.07) is 8.21. The van der Waals surface area contributed by atoms with Gasteiger partial charge in [0.05, 0.1) is 25.0 Å². The standard InChI is InChI=1S/C20H28N6O2.HI/c1-4-21-20(22-11-16-6-5-7-17(10-16)15-28-3)25-8-9-26(19(27)14-25)18-12-23-24(2)13-18;/h5-7,10,12-13H,4,8-9,11,14-15H2,1-3H3,(H,21,22);1H. The van der Waals surface area contributed by atoms with Gasteiger partial charge in [-0.1, -0.05) is 24.3 Å². The molecule has 1 aromatic heterocycles. The van der Waals surface area contributed by atoms with Crippen molar-refractivity contribution in [3.05, 3.63) is 47.8 Å². The number of carbonyl (C=O) groups excluding carboxylic acids is 1. The Hall–Kier alpha value is -2.14. The van der Waals surface area contributed by atoms with Crippen molar-refractivity contribution < 1.29 is 9.53 Å². The zero-order chi connectivity index (χ0) is 19.9. The molecule has 0 unspecified atom stereocenters. The minimum atomic E-state index is 0. The number of guanidine groups is 1. The van der Waals surface area contributed by atoms with E-state index in [-0.39, 0.29) is 29.9 Å². The predicted octanol–water partition coefficient (Wildman–Crippen LogP) is 2.00. The van der Waals surface area contributed by atoms with E-state index in [1.165, 1.54) is 0 Å². The number of piperazine rings is 1. The van der Waals surface area contributed by atoms with E-state index in [0.717, 1.165) is 35.9 Å². The van der Waals surface area contributed by atoms with E-state index in [0.29, 0.717) is 26.2 Å². The maximum Gasteiger partial charge on any atom is 0.246 e. The van der Waals surface area contributed by atoms with Crippen LogP contribution < -0.4 is 10.2 Å². The van der Waals surface area contributed by atoms with Crippen LogP contribution in [0.2, 0.25) is 0 Å². The molecule has 0 atom stereocenters. The molecule has 29 heavy (non-hydrogen) atoms. The fraction of sp³-hybridized carbons (Fsp3) is 0.450. The van der Waals surface area contributed by atoms with Crippen LogP contribution in [0.5, 0.6) is 0 Å². The van der Waals surface area contributed by atoms with Gasteiger partial charge in [0, 0.05) is 40.0 Å². The van der Waals surface area contributed by atoms with Crippen molar-refractivity contribution in [1.29, 1.82) is 0 Å². The molecule has 1 amide bonds. The summed E-state index contributed by atoms with van der Waals surface area (Å²) in [5.74, 6) is 0.811. The van der Waals surface area contributed by atoms with E-state index in [9.17, 15) is 4.79 Å². The number of rotatable bonds is 6. The Kier molecular flexibility index (Phi) is 8.90. The van der Waals surface area contributed by atoms with Crippen LogP contribution in [0.15, 0.2) is 41.7 Å². The molecule has 1 aliphatic rings. The van der Waals surface area contributed by atoms with Crippen molar-refractivity contribution >= 4 is 41.5 Å². The number of aliphatic imine (C=N–C) groups is 1. The van der Waals surface area contributed by atoms with E-state index >= 15 is 0 Å². The number of benzene rings is 1. The first-order valence-corrected chi connectivity index (χ1v) is 9.49. The number of ether oxygens (including phenoxy) is 1. The van der Waals surface area contributed by atoms with Crippen molar-refractivity contribution in [3.8, 4) is 0 Å². The normalized spacial score (nSPS) is 14.7. The Morgan fingerprint density at radius 3 is 2.76 bits per heavy atom. The van der Waals surface area contributed by atoms with Crippen molar-refractivity contribution in [3.63, 3.8) is 0 Å². The average molecular weight is 512 g/mol. The van der Waals surface area contributed by atoms with Crippen LogP contribution in [0, 0.1) is 0 Å². The monoisotopic (exact) mass is 512 g/mol. The summed E-state index contributed by atoms with van der Waals surface area (Å²) < 4.78 is 6.90. The first-order chi connectivity index (χ1) is 13.6. The van der Waals surface area contributed by atoms with Crippen LogP contribution in [-0.2, 0) is 29.7 Å². The van der Waals surface area contributed by atoms with Gasteiger partial charge in [-0.3, -0.25) is 9.48 Å². The lowest BCUT2D eigenvalue weighted by atomic mass is 10.1. The lowest BCUT2D eigenvalue weighted by molar-refractivity contribution is -0.120. The Bertz CT molecular complexity index is 838. The molecule has 158 valence electrons. The summed E-state index contributed by atoms with van der Waals surface area (Å²) in [5, 5.41) is 7.46. The lowest BCUT2D eigenvalue weighted by Crippen LogP contribution is -2.55. The third kappa shape index (κ3) is 6.17. The summed E-state index contributed by atoms with van der Waals surface area (Å²) in [7, 11) is 3.54. The van der Waals surface area contributed by atoms with Gasteiger partial charge < -0.3 is 19.9 Å². The largest absolute Gasteiger partial charge is 0.380 e. The molecule has 1 saturated heterocycles. The summed E-state index contributed by atoms with van der Waals surface area (Å²) in [6.45, 7) is 5.54. The van der Waals surface area contributed by atoms with Crippen molar-refractivity contribution in [2.75, 3.05) is 38.2 Å². The molecular formula is C20H29IN6O2. The quantitative estimate of drug-likeness (QED) is 0.364. The maximum atomic E-state index is 12.7. The Labute approximate surface area is 188 Å². The zero-order valence-electron chi connectivity index (χ0n) is 17.2. The van der Waals surface area contributed by atoms with E-state index in [1.807, 2.05) is 37.2 Å². The molecule has 8 nitrogen and oxygen atoms in total. The highest BCUT2D eigenvalue weighted by atomic mass is 127. The van der Waals surface area contributed by atoms with Crippen LogP contribution in [0.4, 0.5) is 5.69 Å². The Morgan fingerprint density at radius 1 is 1.31 bits per heavy atom. The van der Waals surface area contributed by atoms with E-state index in [4.69, 9.17) is 9.73 Å². The summed E-state index contributed by atoms with van der Waals surface area (Å²) in [4.78, 5) is 21.2.